The van der Waals surface area contributed by atoms with E-state index in [4.69, 9.17) is 52.7 Å². The predicted octanol–water partition coefficient (Wildman–Crippen LogP) is 13.3. The van der Waals surface area contributed by atoms with Gasteiger partial charge in [0, 0.05) is 46.9 Å². The van der Waals surface area contributed by atoms with Crippen LogP contribution in [0.2, 0.25) is 10.0 Å². The van der Waals surface area contributed by atoms with E-state index in [-0.39, 0.29) is 28.5 Å². The van der Waals surface area contributed by atoms with Crippen molar-refractivity contribution in [1.82, 2.24) is 0 Å². The number of hydrogen-bond acceptors (Lipinski definition) is 11. The first kappa shape index (κ1) is 61.9. The molecule has 8 nitrogen and oxygen atoms in total. The van der Waals surface area contributed by atoms with Crippen molar-refractivity contribution < 1.29 is 28.5 Å². The fourth-order valence-corrected chi connectivity index (χ4v) is 5.50. The third-order valence-electron chi connectivity index (χ3n) is 5.50. The highest BCUT2D eigenvalue weighted by Crippen LogP contribution is 2.24. The number of nitrogens with zero attached hydrogens (tertiary/aromatic N) is 2. The fraction of sp³-hybridized carbons (Fsp3) is 0.636. The third kappa shape index (κ3) is 52.2. The van der Waals surface area contributed by atoms with Gasteiger partial charge >= 0.3 is 0 Å². The number of thioether (sulfide) groups is 3. The number of ether oxygens (including phenoxy) is 4. The lowest BCUT2D eigenvalue weighted by atomic mass is 10.2. The molecule has 0 saturated heterocycles. The van der Waals surface area contributed by atoms with Crippen molar-refractivity contribution in [1.29, 1.82) is 10.5 Å². The minimum Gasteiger partial charge on any atom is -0.382 e. The van der Waals surface area contributed by atoms with E-state index in [0.29, 0.717) is 71.1 Å². The largest absolute Gasteiger partial charge is 0.382 e. The Hall–Kier alpha value is -1.77. The maximum atomic E-state index is 11.8. The standard InChI is InChI=1S/C12H14Cl2O2S.C12H16O2S.C6H11NO.C6H11NS.C4H10O.C4H10/c1-8(2)16-5-6-17-12(15)10-4-3-9(13)7-11(10)14;1-10(2)14-8-9-15-12(13)11-6-4-3-5-7-11;2*1-6(2)8-5-3-4-7;1-4(2)5-3;1-4(2)3/h3-4,7-8H,5-6H2,1-2H3;3-7,10H,8-9H2,1-2H3;2*6H,3,5H2,1-2H3;4H,1-3H3;4H,1-3H3. The van der Waals surface area contributed by atoms with E-state index in [1.54, 1.807) is 25.3 Å². The average Bonchev–Trinajstić information content (AvgIpc) is 3.13. The van der Waals surface area contributed by atoms with Gasteiger partial charge in [-0.2, -0.15) is 22.3 Å². The molecule has 0 saturated carbocycles. The zero-order valence-electron chi connectivity index (χ0n) is 37.1. The van der Waals surface area contributed by atoms with Crippen molar-refractivity contribution in [3.63, 3.8) is 0 Å². The second kappa shape index (κ2) is 43.8. The molecular weight excluding hydrogens is 820 g/mol. The van der Waals surface area contributed by atoms with Gasteiger partial charge in [-0.3, -0.25) is 9.59 Å². The summed E-state index contributed by atoms with van der Waals surface area (Å²) in [5, 5.41) is 17.8. The first-order valence-electron chi connectivity index (χ1n) is 19.3. The second-order valence-corrected chi connectivity index (χ2v) is 18.4. The van der Waals surface area contributed by atoms with Gasteiger partial charge in [0.2, 0.25) is 10.2 Å². The molecular formula is C44H72Cl2N2O6S3. The van der Waals surface area contributed by atoms with Gasteiger partial charge in [0.15, 0.2) is 0 Å². The summed E-state index contributed by atoms with van der Waals surface area (Å²) in [7, 11) is 1.70. The number of rotatable bonds is 17. The third-order valence-corrected chi connectivity index (χ3v) is 8.87. The van der Waals surface area contributed by atoms with Gasteiger partial charge in [-0.1, -0.05) is 112 Å². The molecule has 2 rings (SSSR count). The SMILES string of the molecule is CC(C)C.CC(C)OCCC#N.CC(C)OCCSC(=O)c1ccc(Cl)cc1Cl.CC(C)OCCSC(=O)c1ccccc1.CC(C)SCCC#N.COC(C)C. The van der Waals surface area contributed by atoms with E-state index >= 15 is 0 Å². The summed E-state index contributed by atoms with van der Waals surface area (Å²) in [5.41, 5.74) is 1.25. The summed E-state index contributed by atoms with van der Waals surface area (Å²) in [5.74, 6) is 3.15. The summed E-state index contributed by atoms with van der Waals surface area (Å²) in [6.45, 7) is 28.3. The number of methoxy groups -OCH3 is 1. The molecule has 57 heavy (non-hydrogen) atoms. The molecule has 0 spiro atoms. The van der Waals surface area contributed by atoms with Gasteiger partial charge in [-0.25, -0.2) is 0 Å². The molecule has 0 bridgehead atoms. The smallest absolute Gasteiger partial charge is 0.220 e. The minimum absolute atomic E-state index is 0.0565. The normalized spacial score (nSPS) is 10.1. The highest BCUT2D eigenvalue weighted by atomic mass is 35.5. The van der Waals surface area contributed by atoms with Gasteiger partial charge in [0.25, 0.3) is 0 Å². The molecule has 0 unspecified atom stereocenters. The molecule has 2 aromatic rings. The van der Waals surface area contributed by atoms with E-state index in [0.717, 1.165) is 17.2 Å². The first-order chi connectivity index (χ1) is 26.7. The fourth-order valence-electron chi connectivity index (χ4n) is 2.91. The average molecular weight is 892 g/mol. The lowest BCUT2D eigenvalue weighted by molar-refractivity contribution is 0.0833. The van der Waals surface area contributed by atoms with Crippen LogP contribution in [0.3, 0.4) is 0 Å². The molecule has 0 aliphatic rings. The lowest BCUT2D eigenvalue weighted by Crippen LogP contribution is -2.07. The van der Waals surface area contributed by atoms with Crippen LogP contribution >= 0.6 is 58.5 Å². The van der Waals surface area contributed by atoms with Crippen LogP contribution in [0.25, 0.3) is 0 Å². The maximum Gasteiger partial charge on any atom is 0.220 e. The zero-order valence-corrected chi connectivity index (χ0v) is 41.0. The van der Waals surface area contributed by atoms with Gasteiger partial charge < -0.3 is 18.9 Å². The van der Waals surface area contributed by atoms with E-state index in [1.165, 1.54) is 23.5 Å². The van der Waals surface area contributed by atoms with Crippen molar-refractivity contribution in [3.8, 4) is 12.1 Å². The Kier molecular flexibility index (Phi) is 47.6. The number of benzene rings is 2. The topological polar surface area (TPSA) is 119 Å². The molecule has 326 valence electrons. The summed E-state index contributed by atoms with van der Waals surface area (Å²) in [6, 6.07) is 18.3. The molecule has 0 aliphatic carbocycles. The van der Waals surface area contributed by atoms with E-state index in [9.17, 15) is 9.59 Å². The van der Waals surface area contributed by atoms with E-state index in [2.05, 4.69) is 40.7 Å². The van der Waals surface area contributed by atoms with Crippen molar-refractivity contribution in [2.24, 2.45) is 5.92 Å². The van der Waals surface area contributed by atoms with Gasteiger partial charge in [-0.15, -0.1) is 0 Å². The highest BCUT2D eigenvalue weighted by Gasteiger charge is 2.11. The molecule has 13 heteroatoms. The monoisotopic (exact) mass is 890 g/mol. The van der Waals surface area contributed by atoms with Crippen LogP contribution in [0.5, 0.6) is 0 Å². The number of carbonyl (C=O) groups is 2. The summed E-state index contributed by atoms with van der Waals surface area (Å²) in [6.07, 6.45) is 2.24. The maximum absolute atomic E-state index is 11.8. The Morgan fingerprint density at radius 1 is 0.632 bits per heavy atom. The Balaban J connectivity index is -0.000000318. The Morgan fingerprint density at radius 3 is 1.46 bits per heavy atom. The van der Waals surface area contributed by atoms with Crippen molar-refractivity contribution in [2.75, 3.05) is 44.2 Å². The Morgan fingerprint density at radius 2 is 1.07 bits per heavy atom. The summed E-state index contributed by atoms with van der Waals surface area (Å²) < 4.78 is 20.5. The van der Waals surface area contributed by atoms with Crippen LogP contribution in [0.15, 0.2) is 48.5 Å². The Labute approximate surface area is 370 Å². The molecule has 0 radical (unpaired) electrons. The second-order valence-electron chi connectivity index (χ2n) is 13.8. The van der Waals surface area contributed by atoms with Crippen molar-refractivity contribution >= 4 is 68.7 Å². The summed E-state index contributed by atoms with van der Waals surface area (Å²) >= 11 is 16.0. The highest BCUT2D eigenvalue weighted by molar-refractivity contribution is 8.14. The lowest BCUT2D eigenvalue weighted by Gasteiger charge is -2.07. The van der Waals surface area contributed by atoms with Crippen LogP contribution in [0, 0.1) is 28.6 Å². The minimum atomic E-state index is -0.0565. The van der Waals surface area contributed by atoms with Crippen LogP contribution in [-0.4, -0.2) is 84.1 Å². The van der Waals surface area contributed by atoms with Crippen molar-refractivity contribution in [3.05, 3.63) is 69.7 Å². The molecule has 0 aliphatic heterocycles. The Bertz CT molecular complexity index is 1290. The number of nitriles is 2. The van der Waals surface area contributed by atoms with E-state index in [1.807, 2.05) is 104 Å². The van der Waals surface area contributed by atoms with Crippen LogP contribution < -0.4 is 0 Å². The van der Waals surface area contributed by atoms with E-state index < -0.39 is 0 Å². The molecule has 0 aromatic heterocycles. The quantitative estimate of drug-likeness (QED) is 0.141. The zero-order chi connectivity index (χ0) is 44.6. The summed E-state index contributed by atoms with van der Waals surface area (Å²) in [4.78, 5) is 23.4. The molecule has 0 fully saturated rings. The molecule has 0 heterocycles. The van der Waals surface area contributed by atoms with Gasteiger partial charge in [0.1, 0.15) is 0 Å². The van der Waals surface area contributed by atoms with Gasteiger partial charge in [-0.05, 0) is 84.8 Å². The molecule has 0 atom stereocenters. The van der Waals surface area contributed by atoms with Crippen LogP contribution in [0.1, 0.15) is 124 Å². The van der Waals surface area contributed by atoms with Crippen molar-refractivity contribution in [2.45, 2.75) is 133 Å². The van der Waals surface area contributed by atoms with Crippen LogP contribution in [-0.2, 0) is 18.9 Å². The van der Waals surface area contributed by atoms with Crippen LogP contribution in [0.4, 0.5) is 0 Å². The number of carbonyl (C=O) groups excluding carboxylic acids is 2. The predicted molar refractivity (Wildman–Crippen MR) is 250 cm³/mol. The van der Waals surface area contributed by atoms with Gasteiger partial charge in [0.05, 0.1) is 67.8 Å². The first-order valence-corrected chi connectivity index (χ1v) is 23.1. The number of halogens is 2. The molecule has 0 N–H and O–H groups in total. The molecule has 2 aromatic carbocycles. The number of hydrogen-bond donors (Lipinski definition) is 0. The molecule has 0 amide bonds.